The molecule has 0 fully saturated rings. The Morgan fingerprint density at radius 2 is 2.06 bits per heavy atom. The summed E-state index contributed by atoms with van der Waals surface area (Å²) >= 11 is 0. The molecule has 6 heteroatoms. The van der Waals surface area contributed by atoms with Gasteiger partial charge in [0.05, 0.1) is 6.61 Å². The predicted molar refractivity (Wildman–Crippen MR) is 59.1 cm³/mol. The van der Waals surface area contributed by atoms with Crippen LogP contribution in [0.15, 0.2) is 6.07 Å². The Morgan fingerprint density at radius 1 is 1.31 bits per heavy atom. The van der Waals surface area contributed by atoms with E-state index >= 15 is 0 Å². The van der Waals surface area contributed by atoms with E-state index in [0.29, 0.717) is 30.7 Å². The number of methoxy groups -OCH3 is 2. The van der Waals surface area contributed by atoms with Crippen molar-refractivity contribution < 1.29 is 14.2 Å². The van der Waals surface area contributed by atoms with Gasteiger partial charge in [0.2, 0.25) is 5.88 Å². The number of nitrogens with zero attached hydrogens (tertiary/aromatic N) is 2. The van der Waals surface area contributed by atoms with E-state index in [0.717, 1.165) is 0 Å². The molecule has 90 valence electrons. The zero-order chi connectivity index (χ0) is 12.0. The Hall–Kier alpha value is -1.40. The van der Waals surface area contributed by atoms with Crippen molar-refractivity contribution in [2.24, 2.45) is 0 Å². The average molecular weight is 227 g/mol. The highest BCUT2D eigenvalue weighted by Gasteiger charge is 2.07. The number of aromatic nitrogens is 2. The van der Waals surface area contributed by atoms with Crippen LogP contribution in [0, 0.1) is 0 Å². The molecular weight excluding hydrogens is 210 g/mol. The van der Waals surface area contributed by atoms with Crippen LogP contribution in [0.1, 0.15) is 12.7 Å². The summed E-state index contributed by atoms with van der Waals surface area (Å²) in [7, 11) is 3.19. The summed E-state index contributed by atoms with van der Waals surface area (Å²) in [6.07, 6.45) is -0.0882. The Kier molecular flexibility index (Phi) is 4.94. The summed E-state index contributed by atoms with van der Waals surface area (Å²) in [4.78, 5) is 8.16. The lowest BCUT2D eigenvalue weighted by Gasteiger charge is -2.13. The first-order chi connectivity index (χ1) is 7.65. The van der Waals surface area contributed by atoms with Crippen molar-refractivity contribution in [1.82, 2.24) is 9.97 Å². The van der Waals surface area contributed by atoms with Crippen LogP contribution in [0.25, 0.3) is 0 Å². The number of nitrogen functional groups attached to an aromatic ring is 1. The molecule has 0 bridgehead atoms. The standard InChI is InChI=1S/C10H17N3O3/c1-7(5-14-2)16-10-4-8(11)12-9(13-10)6-15-3/h4,7H,5-6H2,1-3H3,(H2,11,12,13). The van der Waals surface area contributed by atoms with Gasteiger partial charge in [-0.05, 0) is 6.92 Å². The first kappa shape index (κ1) is 12.7. The van der Waals surface area contributed by atoms with E-state index in [-0.39, 0.29) is 6.10 Å². The van der Waals surface area contributed by atoms with Crippen molar-refractivity contribution in [3.8, 4) is 5.88 Å². The summed E-state index contributed by atoms with van der Waals surface area (Å²) in [6, 6.07) is 1.57. The maximum absolute atomic E-state index is 5.62. The van der Waals surface area contributed by atoms with Crippen LogP contribution in [0.4, 0.5) is 5.82 Å². The lowest BCUT2D eigenvalue weighted by molar-refractivity contribution is 0.0881. The number of rotatable bonds is 6. The third-order valence-corrected chi connectivity index (χ3v) is 1.77. The zero-order valence-electron chi connectivity index (χ0n) is 9.77. The molecule has 16 heavy (non-hydrogen) atoms. The molecule has 1 aromatic heterocycles. The molecule has 0 aliphatic rings. The highest BCUT2D eigenvalue weighted by Crippen LogP contribution is 2.13. The van der Waals surface area contributed by atoms with E-state index in [1.807, 2.05) is 6.92 Å². The zero-order valence-corrected chi connectivity index (χ0v) is 9.77. The lowest BCUT2D eigenvalue weighted by Crippen LogP contribution is -2.19. The largest absolute Gasteiger partial charge is 0.472 e. The number of anilines is 1. The molecule has 0 amide bonds. The van der Waals surface area contributed by atoms with E-state index in [2.05, 4.69) is 9.97 Å². The van der Waals surface area contributed by atoms with Crippen molar-refractivity contribution in [3.63, 3.8) is 0 Å². The summed E-state index contributed by atoms with van der Waals surface area (Å²) in [5.74, 6) is 1.30. The molecule has 0 saturated heterocycles. The highest BCUT2D eigenvalue weighted by atomic mass is 16.5. The topological polar surface area (TPSA) is 79.5 Å². The molecule has 2 N–H and O–H groups in total. The second-order valence-electron chi connectivity index (χ2n) is 3.36. The minimum Gasteiger partial charge on any atom is -0.472 e. The molecule has 1 aromatic rings. The fourth-order valence-electron chi connectivity index (χ4n) is 1.22. The van der Waals surface area contributed by atoms with Gasteiger partial charge in [0.25, 0.3) is 0 Å². The van der Waals surface area contributed by atoms with Crippen LogP contribution < -0.4 is 10.5 Å². The highest BCUT2D eigenvalue weighted by molar-refractivity contribution is 5.32. The SMILES string of the molecule is COCc1nc(N)cc(OC(C)COC)n1. The minimum absolute atomic E-state index is 0.0882. The van der Waals surface area contributed by atoms with Gasteiger partial charge in [0, 0.05) is 20.3 Å². The number of nitrogens with two attached hydrogens (primary N) is 1. The second-order valence-corrected chi connectivity index (χ2v) is 3.36. The monoisotopic (exact) mass is 227 g/mol. The Balaban J connectivity index is 2.71. The maximum Gasteiger partial charge on any atom is 0.219 e. The van der Waals surface area contributed by atoms with E-state index < -0.39 is 0 Å². The Bertz CT molecular complexity index is 333. The molecular formula is C10H17N3O3. The first-order valence-corrected chi connectivity index (χ1v) is 4.93. The van der Waals surface area contributed by atoms with Crippen molar-refractivity contribution in [1.29, 1.82) is 0 Å². The molecule has 0 saturated carbocycles. The van der Waals surface area contributed by atoms with E-state index in [1.165, 1.54) is 0 Å². The molecule has 0 aliphatic carbocycles. The third-order valence-electron chi connectivity index (χ3n) is 1.77. The summed E-state index contributed by atoms with van der Waals surface area (Å²) < 4.78 is 15.4. The summed E-state index contributed by atoms with van der Waals surface area (Å²) in [5, 5.41) is 0. The van der Waals surface area contributed by atoms with Gasteiger partial charge >= 0.3 is 0 Å². The first-order valence-electron chi connectivity index (χ1n) is 4.93. The maximum atomic E-state index is 5.62. The molecule has 1 unspecified atom stereocenters. The molecule has 0 radical (unpaired) electrons. The van der Waals surface area contributed by atoms with Crippen LogP contribution in [-0.2, 0) is 16.1 Å². The van der Waals surface area contributed by atoms with Gasteiger partial charge in [0.1, 0.15) is 18.5 Å². The fourth-order valence-corrected chi connectivity index (χ4v) is 1.22. The van der Waals surface area contributed by atoms with Gasteiger partial charge in [-0.15, -0.1) is 0 Å². The third kappa shape index (κ3) is 4.00. The number of hydrogen-bond donors (Lipinski definition) is 1. The van der Waals surface area contributed by atoms with Crippen LogP contribution >= 0.6 is 0 Å². The molecule has 0 aliphatic heterocycles. The normalized spacial score (nSPS) is 12.4. The van der Waals surface area contributed by atoms with E-state index in [9.17, 15) is 0 Å². The Morgan fingerprint density at radius 3 is 2.69 bits per heavy atom. The number of hydrogen-bond acceptors (Lipinski definition) is 6. The lowest BCUT2D eigenvalue weighted by atomic mass is 10.4. The van der Waals surface area contributed by atoms with Gasteiger partial charge in [-0.3, -0.25) is 0 Å². The quantitative estimate of drug-likeness (QED) is 0.767. The molecule has 0 aromatic carbocycles. The number of ether oxygens (including phenoxy) is 3. The summed E-state index contributed by atoms with van der Waals surface area (Å²) in [5.41, 5.74) is 5.62. The van der Waals surface area contributed by atoms with Crippen LogP contribution in [0.5, 0.6) is 5.88 Å². The van der Waals surface area contributed by atoms with Crippen molar-refractivity contribution in [3.05, 3.63) is 11.9 Å². The summed E-state index contributed by atoms with van der Waals surface area (Å²) in [6.45, 7) is 2.68. The predicted octanol–water partition coefficient (Wildman–Crippen LogP) is 0.619. The van der Waals surface area contributed by atoms with E-state index in [4.69, 9.17) is 19.9 Å². The fraction of sp³-hybridized carbons (Fsp3) is 0.600. The van der Waals surface area contributed by atoms with Crippen molar-refractivity contribution in [2.75, 3.05) is 26.6 Å². The van der Waals surface area contributed by atoms with E-state index in [1.54, 1.807) is 20.3 Å². The molecule has 1 atom stereocenters. The van der Waals surface area contributed by atoms with Gasteiger partial charge in [-0.2, -0.15) is 4.98 Å². The van der Waals surface area contributed by atoms with Gasteiger partial charge in [0.15, 0.2) is 5.82 Å². The van der Waals surface area contributed by atoms with Crippen LogP contribution in [0.3, 0.4) is 0 Å². The smallest absolute Gasteiger partial charge is 0.219 e. The van der Waals surface area contributed by atoms with Crippen LogP contribution in [0.2, 0.25) is 0 Å². The molecule has 6 nitrogen and oxygen atoms in total. The van der Waals surface area contributed by atoms with Crippen molar-refractivity contribution >= 4 is 5.82 Å². The van der Waals surface area contributed by atoms with Gasteiger partial charge < -0.3 is 19.9 Å². The van der Waals surface area contributed by atoms with Gasteiger partial charge in [-0.25, -0.2) is 4.98 Å². The molecule has 1 rings (SSSR count). The second kappa shape index (κ2) is 6.24. The van der Waals surface area contributed by atoms with Crippen molar-refractivity contribution in [2.45, 2.75) is 19.6 Å². The molecule has 0 spiro atoms. The minimum atomic E-state index is -0.0882. The van der Waals surface area contributed by atoms with Gasteiger partial charge in [-0.1, -0.05) is 0 Å². The Labute approximate surface area is 94.7 Å². The molecule has 1 heterocycles. The average Bonchev–Trinajstić information content (AvgIpc) is 2.17. The van der Waals surface area contributed by atoms with Crippen LogP contribution in [-0.4, -0.2) is 36.9 Å².